The lowest BCUT2D eigenvalue weighted by Crippen LogP contribution is -2.47. The number of piperazine rings is 1. The molecule has 1 N–H and O–H groups in total. The van der Waals surface area contributed by atoms with Crippen molar-refractivity contribution < 1.29 is 9.53 Å². The SMILES string of the molecule is Cc1cc(C)c(NC(=O)COc2cc(C)nc(N3CCN(c4ccccc4)CC3)n2)c(C)c1. The predicted octanol–water partition coefficient (Wildman–Crippen LogP) is 4.05. The Morgan fingerprint density at radius 2 is 1.55 bits per heavy atom. The molecule has 0 unspecified atom stereocenters. The van der Waals surface area contributed by atoms with Gasteiger partial charge in [-0.1, -0.05) is 35.9 Å². The molecule has 33 heavy (non-hydrogen) atoms. The number of benzene rings is 2. The maximum Gasteiger partial charge on any atom is 0.262 e. The molecule has 3 aromatic rings. The summed E-state index contributed by atoms with van der Waals surface area (Å²) in [6.45, 7) is 11.3. The number of aromatic nitrogens is 2. The van der Waals surface area contributed by atoms with Gasteiger partial charge in [-0.25, -0.2) is 4.98 Å². The van der Waals surface area contributed by atoms with Gasteiger partial charge in [0, 0.05) is 49.3 Å². The van der Waals surface area contributed by atoms with Crippen LogP contribution in [0.15, 0.2) is 48.5 Å². The molecule has 0 atom stereocenters. The van der Waals surface area contributed by atoms with Gasteiger partial charge in [0.1, 0.15) is 0 Å². The second-order valence-corrected chi connectivity index (χ2v) is 8.57. The molecule has 1 saturated heterocycles. The Bertz CT molecular complexity index is 1100. The Hall–Kier alpha value is -3.61. The predicted molar refractivity (Wildman–Crippen MR) is 132 cm³/mol. The molecule has 1 amide bonds. The van der Waals surface area contributed by atoms with E-state index < -0.39 is 0 Å². The highest BCUT2D eigenvalue weighted by Gasteiger charge is 2.20. The van der Waals surface area contributed by atoms with E-state index in [0.717, 1.165) is 48.7 Å². The number of hydrogen-bond acceptors (Lipinski definition) is 6. The highest BCUT2D eigenvalue weighted by molar-refractivity contribution is 5.93. The van der Waals surface area contributed by atoms with Gasteiger partial charge in [-0.15, -0.1) is 0 Å². The van der Waals surface area contributed by atoms with E-state index in [4.69, 9.17) is 4.74 Å². The zero-order chi connectivity index (χ0) is 23.4. The van der Waals surface area contributed by atoms with Crippen molar-refractivity contribution in [2.24, 2.45) is 0 Å². The van der Waals surface area contributed by atoms with Crippen molar-refractivity contribution >= 4 is 23.2 Å². The average Bonchev–Trinajstić information content (AvgIpc) is 2.80. The van der Waals surface area contributed by atoms with Crippen LogP contribution in [0.25, 0.3) is 0 Å². The molecule has 1 aliphatic rings. The van der Waals surface area contributed by atoms with Gasteiger partial charge in [-0.2, -0.15) is 4.98 Å². The normalized spacial score (nSPS) is 13.7. The molecule has 0 aliphatic carbocycles. The molecule has 0 bridgehead atoms. The molecular weight excluding hydrogens is 414 g/mol. The van der Waals surface area contributed by atoms with Gasteiger partial charge in [0.15, 0.2) is 6.61 Å². The fourth-order valence-corrected chi connectivity index (χ4v) is 4.24. The van der Waals surface area contributed by atoms with Gasteiger partial charge >= 0.3 is 0 Å². The number of hydrogen-bond donors (Lipinski definition) is 1. The van der Waals surface area contributed by atoms with Gasteiger partial charge < -0.3 is 19.9 Å². The smallest absolute Gasteiger partial charge is 0.262 e. The van der Waals surface area contributed by atoms with Gasteiger partial charge in [0.05, 0.1) is 0 Å². The minimum absolute atomic E-state index is 0.107. The summed E-state index contributed by atoms with van der Waals surface area (Å²) in [6, 6.07) is 16.3. The van der Waals surface area contributed by atoms with E-state index in [2.05, 4.69) is 61.5 Å². The number of aryl methyl sites for hydroxylation is 4. The number of carbonyl (C=O) groups excluding carboxylic acids is 1. The van der Waals surface area contributed by atoms with Crippen molar-refractivity contribution in [3.63, 3.8) is 0 Å². The molecule has 4 rings (SSSR count). The summed E-state index contributed by atoms with van der Waals surface area (Å²) in [5.74, 6) is 0.846. The number of para-hydroxylation sites is 1. The zero-order valence-electron chi connectivity index (χ0n) is 19.8. The largest absolute Gasteiger partial charge is 0.467 e. The molecule has 1 aliphatic heterocycles. The standard InChI is InChI=1S/C26H31N5O2/c1-18-14-19(2)25(20(3)15-18)28-23(32)17-33-24-16-21(4)27-26(29-24)31-12-10-30(11-13-31)22-8-6-5-7-9-22/h5-9,14-16H,10-13,17H2,1-4H3,(H,28,32). The van der Waals surface area contributed by atoms with E-state index in [-0.39, 0.29) is 12.5 Å². The highest BCUT2D eigenvalue weighted by atomic mass is 16.5. The Kier molecular flexibility index (Phi) is 6.77. The number of ether oxygens (including phenoxy) is 1. The summed E-state index contributed by atoms with van der Waals surface area (Å²) in [4.78, 5) is 26.2. The molecule has 0 radical (unpaired) electrons. The lowest BCUT2D eigenvalue weighted by molar-refractivity contribution is -0.118. The first-order chi connectivity index (χ1) is 15.9. The van der Waals surface area contributed by atoms with E-state index in [9.17, 15) is 4.79 Å². The number of anilines is 3. The summed E-state index contributed by atoms with van der Waals surface area (Å²) in [6.07, 6.45) is 0. The van der Waals surface area contributed by atoms with E-state index in [1.807, 2.05) is 33.8 Å². The van der Waals surface area contributed by atoms with Crippen molar-refractivity contribution in [1.82, 2.24) is 9.97 Å². The maximum absolute atomic E-state index is 12.5. The molecule has 2 aromatic carbocycles. The lowest BCUT2D eigenvalue weighted by atomic mass is 10.1. The number of nitrogens with one attached hydrogen (secondary N) is 1. The summed E-state index contributed by atoms with van der Waals surface area (Å²) < 4.78 is 5.75. The molecule has 0 saturated carbocycles. The van der Waals surface area contributed by atoms with E-state index in [1.54, 1.807) is 6.07 Å². The number of nitrogens with zero attached hydrogens (tertiary/aromatic N) is 4. The number of carbonyl (C=O) groups is 1. The van der Waals surface area contributed by atoms with Crippen molar-refractivity contribution in [2.75, 3.05) is 47.9 Å². The van der Waals surface area contributed by atoms with Crippen LogP contribution < -0.4 is 19.9 Å². The Labute approximate surface area is 195 Å². The van der Waals surface area contributed by atoms with Crippen LogP contribution in [-0.4, -0.2) is 48.7 Å². The van der Waals surface area contributed by atoms with E-state index >= 15 is 0 Å². The first-order valence-electron chi connectivity index (χ1n) is 11.3. The van der Waals surface area contributed by atoms with Crippen molar-refractivity contribution in [3.8, 4) is 5.88 Å². The Morgan fingerprint density at radius 1 is 0.909 bits per heavy atom. The molecular formula is C26H31N5O2. The molecule has 1 fully saturated rings. The molecule has 0 spiro atoms. The summed E-state index contributed by atoms with van der Waals surface area (Å²) >= 11 is 0. The third-order valence-electron chi connectivity index (χ3n) is 5.80. The topological polar surface area (TPSA) is 70.6 Å². The van der Waals surface area contributed by atoms with Crippen molar-refractivity contribution in [3.05, 3.63) is 70.9 Å². The molecule has 7 nitrogen and oxygen atoms in total. The van der Waals surface area contributed by atoms with E-state index in [1.165, 1.54) is 11.3 Å². The third-order valence-corrected chi connectivity index (χ3v) is 5.80. The summed E-state index contributed by atoms with van der Waals surface area (Å²) in [5, 5.41) is 2.97. The average molecular weight is 446 g/mol. The Balaban J connectivity index is 1.36. The van der Waals surface area contributed by atoms with Crippen molar-refractivity contribution in [1.29, 1.82) is 0 Å². The molecule has 7 heteroatoms. The van der Waals surface area contributed by atoms with Gasteiger partial charge in [-0.3, -0.25) is 4.79 Å². The van der Waals surface area contributed by atoms with Crippen LogP contribution in [0.2, 0.25) is 0 Å². The van der Waals surface area contributed by atoms with Gasteiger partial charge in [0.25, 0.3) is 5.91 Å². The van der Waals surface area contributed by atoms with E-state index in [0.29, 0.717) is 11.8 Å². The first kappa shape index (κ1) is 22.6. The summed E-state index contributed by atoms with van der Waals surface area (Å²) in [7, 11) is 0. The quantitative estimate of drug-likeness (QED) is 0.617. The minimum atomic E-state index is -0.209. The van der Waals surface area contributed by atoms with Crippen molar-refractivity contribution in [2.45, 2.75) is 27.7 Å². The zero-order valence-corrected chi connectivity index (χ0v) is 19.8. The minimum Gasteiger partial charge on any atom is -0.467 e. The first-order valence-corrected chi connectivity index (χ1v) is 11.3. The van der Waals surface area contributed by atoms with Crippen LogP contribution in [0, 0.1) is 27.7 Å². The van der Waals surface area contributed by atoms with Crippen LogP contribution in [0.5, 0.6) is 5.88 Å². The lowest BCUT2D eigenvalue weighted by Gasteiger charge is -2.36. The number of rotatable bonds is 6. The van der Waals surface area contributed by atoms with Gasteiger partial charge in [-0.05, 0) is 51.0 Å². The second-order valence-electron chi connectivity index (χ2n) is 8.57. The maximum atomic E-state index is 12.5. The van der Waals surface area contributed by atoms with Gasteiger partial charge in [0.2, 0.25) is 11.8 Å². The highest BCUT2D eigenvalue weighted by Crippen LogP contribution is 2.23. The van der Waals surface area contributed by atoms with Crippen LogP contribution in [-0.2, 0) is 4.79 Å². The Morgan fingerprint density at radius 3 is 2.21 bits per heavy atom. The number of amides is 1. The second kappa shape index (κ2) is 9.90. The van der Waals surface area contributed by atoms with Crippen LogP contribution in [0.1, 0.15) is 22.4 Å². The monoisotopic (exact) mass is 445 g/mol. The molecule has 2 heterocycles. The third kappa shape index (κ3) is 5.61. The molecule has 172 valence electrons. The van der Waals surface area contributed by atoms with Crippen LogP contribution >= 0.6 is 0 Å². The van der Waals surface area contributed by atoms with Crippen LogP contribution in [0.3, 0.4) is 0 Å². The fraction of sp³-hybridized carbons (Fsp3) is 0.346. The summed E-state index contributed by atoms with van der Waals surface area (Å²) in [5.41, 5.74) is 6.13. The molecule has 1 aromatic heterocycles. The fourth-order valence-electron chi connectivity index (χ4n) is 4.24. The van der Waals surface area contributed by atoms with Crippen LogP contribution in [0.4, 0.5) is 17.3 Å².